The van der Waals surface area contributed by atoms with Crippen LogP contribution in [0.25, 0.3) is 11.2 Å². The summed E-state index contributed by atoms with van der Waals surface area (Å²) in [6, 6.07) is 15.4. The van der Waals surface area contributed by atoms with E-state index in [-0.39, 0.29) is 62.4 Å². The maximum atomic E-state index is 11.7. The fraction of sp³-hybridized carbons (Fsp3) is 0.429. The van der Waals surface area contributed by atoms with E-state index >= 15 is 0 Å². The van der Waals surface area contributed by atoms with Crippen molar-refractivity contribution in [3.8, 4) is 23.0 Å². The van der Waals surface area contributed by atoms with E-state index < -0.39 is 48.2 Å². The van der Waals surface area contributed by atoms with Crippen LogP contribution in [0.4, 0.5) is 15.3 Å². The number of phenols is 1. The van der Waals surface area contributed by atoms with Gasteiger partial charge >= 0.3 is 29.7 Å². The number of likely N-dealkylation sites (N-methyl/N-ethyl adjacent to an activating group) is 1. The highest BCUT2D eigenvalue weighted by atomic mass is 79.9. The van der Waals surface area contributed by atoms with Crippen LogP contribution in [0.1, 0.15) is 82.3 Å². The molecule has 29 nitrogen and oxygen atoms in total. The monoisotopic (exact) mass is 1380 g/mol. The van der Waals surface area contributed by atoms with Gasteiger partial charge in [-0.25, -0.2) is 24.2 Å². The Kier molecular flexibility index (Phi) is 27.5. The molecule has 10 N–H and O–H groups in total. The van der Waals surface area contributed by atoms with Gasteiger partial charge in [-0.2, -0.15) is 7.82 Å². The van der Waals surface area contributed by atoms with Crippen LogP contribution in [0, 0.1) is 11.8 Å². The molecule has 482 valence electrons. The molecule has 2 bridgehead atoms. The summed E-state index contributed by atoms with van der Waals surface area (Å²) in [5.74, 6) is -0.0446. The van der Waals surface area contributed by atoms with Crippen molar-refractivity contribution in [2.75, 3.05) is 26.0 Å². The zero-order valence-electron chi connectivity index (χ0n) is 50.0. The van der Waals surface area contributed by atoms with Gasteiger partial charge in [0.2, 0.25) is 17.7 Å². The number of aliphatic hydroxyl groups excluding tert-OH is 1. The number of anilines is 1. The number of para-hydroxylation sites is 1. The van der Waals surface area contributed by atoms with E-state index in [1.165, 1.54) is 67.2 Å². The van der Waals surface area contributed by atoms with Crippen LogP contribution in [-0.4, -0.2) is 129 Å². The van der Waals surface area contributed by atoms with Gasteiger partial charge in [-0.05, 0) is 93.2 Å². The summed E-state index contributed by atoms with van der Waals surface area (Å²) in [6.07, 6.45) is 8.28. The van der Waals surface area contributed by atoms with Gasteiger partial charge in [0.05, 0.1) is 18.3 Å². The van der Waals surface area contributed by atoms with Crippen LogP contribution < -0.4 is 67.6 Å². The number of phenolic OH excluding ortho intramolecular Hbond substituents is 1. The Morgan fingerprint density at radius 1 is 0.898 bits per heavy atom. The zero-order chi connectivity index (χ0) is 66.9. The number of methoxy groups -OCH3 is 1. The minimum atomic E-state index is -5.39. The number of hydrogen-bond donors (Lipinski definition) is 8. The summed E-state index contributed by atoms with van der Waals surface area (Å²) < 4.78 is 28.4. The number of imidazole rings is 1. The quantitative estimate of drug-likeness (QED) is 0.0261. The number of carboxylic acids is 1. The van der Waals surface area contributed by atoms with E-state index in [1.807, 2.05) is 50.5 Å². The van der Waals surface area contributed by atoms with E-state index in [0.29, 0.717) is 41.7 Å². The minimum Gasteiger partial charge on any atom is -0.822 e. The van der Waals surface area contributed by atoms with Gasteiger partial charge in [-0.1, -0.05) is 89.9 Å². The molecule has 88 heavy (non-hydrogen) atoms. The molecule has 7 amide bonds. The summed E-state index contributed by atoms with van der Waals surface area (Å²) in [5, 5.41) is 34.7. The molecule has 9 rings (SSSR count). The van der Waals surface area contributed by atoms with Crippen molar-refractivity contribution >= 4 is 98.3 Å². The molecule has 0 saturated carbocycles. The normalized spacial score (nSPS) is 18.3. The lowest BCUT2D eigenvalue weighted by Gasteiger charge is -2.56. The number of fused-ring (bicyclic) bond motifs is 1. The molecule has 32 heteroatoms. The number of aromatic carboxylic acids is 1. The number of urea groups is 2. The van der Waals surface area contributed by atoms with E-state index in [2.05, 4.69) is 71.0 Å². The number of carbonyl (C=O) groups is 7. The second kappa shape index (κ2) is 32.5. The number of nitrogens with one attached hydrogen (secondary N) is 3. The Hall–Kier alpha value is -7.77. The number of hydrogen-bond acceptors (Lipinski definition) is 20. The van der Waals surface area contributed by atoms with E-state index in [0.717, 1.165) is 35.5 Å². The number of carbonyl (C=O) groups excluding carboxylic acids is 6. The molecular weight excluding hydrogens is 1310 g/mol. The standard InChI is InChI=1S/C18H21NO3.C9H8O4.C8H10N4O2.C8H9NO2.C7H13BrN2O2.C6H11BrN2O2.H3O4P/c1-19-8-7-18-11-4-5-13(20)17(18)22-16-14(21-2)6-3-10(15(16)18)9-12(11)19;1-6(10)13-8-5-3-2-4-7(8)9(11)12;1-10-4-9-6-5(10)7(13)12(3)8(14)11(6)2;1-6(10)9-7-2-4-8(11)5-3-7;1-3-7(8,4-2)5(11)10-6(9)12;1-3(2)4(7)5(10)9-6(8)11;1-5(2,3)4/h3-6,11-13,17,20H,7-9H2,1-2H3;2-5H,1H3,(H,11,12);4H,1-3H3;2-5,11H,1H3,(H,9,10);3-4H2,1-2H3,(H3,9,10,11,12);3-4H,1-2H3,(H3,8,9,10,11);(H3,1,2,3,4)/p-3/t11-,12+,13-,17-,18-;;;;;;/m0....../s1. The molecule has 6 atom stereocenters. The minimum absolute atomic E-state index is 0.0160. The first-order valence-electron chi connectivity index (χ1n) is 26.8. The number of primary amides is 2. The summed E-state index contributed by atoms with van der Waals surface area (Å²) in [7, 11) is 3.29. The number of aromatic nitrogens is 4. The van der Waals surface area contributed by atoms with Gasteiger partial charge in [0, 0.05) is 63.6 Å². The molecule has 3 aromatic carbocycles. The molecule has 1 unspecified atom stereocenters. The topological polar surface area (TPSA) is 447 Å². The molecule has 2 aromatic heterocycles. The number of nitrogens with two attached hydrogens (primary N) is 2. The van der Waals surface area contributed by atoms with Crippen LogP contribution in [0.3, 0.4) is 0 Å². The Labute approximate surface area is 522 Å². The molecule has 2 aliphatic heterocycles. The lowest BCUT2D eigenvalue weighted by atomic mass is 9.53. The van der Waals surface area contributed by atoms with Gasteiger partial charge in [0.1, 0.15) is 33.6 Å². The largest absolute Gasteiger partial charge is 0.822 e. The maximum Gasteiger partial charge on any atom is 0.339 e. The number of imide groups is 2. The molecule has 4 heterocycles. The number of likely N-dealkylation sites (tertiary alicyclic amines) is 1. The summed E-state index contributed by atoms with van der Waals surface area (Å²) in [5.41, 5.74) is 13.0. The van der Waals surface area contributed by atoms with E-state index in [9.17, 15) is 48.3 Å². The number of aliphatic hydroxyl groups is 1. The number of piperidine rings is 1. The third-order valence-electron chi connectivity index (χ3n) is 14.1. The Morgan fingerprint density at radius 2 is 1.48 bits per heavy atom. The van der Waals surface area contributed by atoms with Gasteiger partial charge < -0.3 is 75.0 Å². The van der Waals surface area contributed by atoms with Crippen molar-refractivity contribution in [2.45, 2.75) is 100 Å². The SMILES string of the molecule is CC(=O)Nc1ccc(O)cc1.CC(=O)Oc1ccccc1C(=O)O.CC(C)C(Br)C(=O)NC(N)=O.CCC(Br)(CC)C(=O)NC(N)=O.COc1ccc2c3c1O[C@H]1[C@@H](O)C=C[C@H]4[C@@H](C2)N(C)CC[C@@]341.Cn1c(=O)c2c(ncn2C)n(C)c1=O.O=P([O-])([O-])[O-]. The highest BCUT2D eigenvalue weighted by Gasteiger charge is 2.64. The van der Waals surface area contributed by atoms with E-state index in [1.54, 1.807) is 50.0 Å². The zero-order valence-corrected chi connectivity index (χ0v) is 54.0. The molecule has 4 aliphatic rings. The van der Waals surface area contributed by atoms with E-state index in [4.69, 9.17) is 50.4 Å². The number of alkyl halides is 2. The maximum absolute atomic E-state index is 11.7. The number of halogens is 2. The smallest absolute Gasteiger partial charge is 0.339 e. The van der Waals surface area contributed by atoms with Crippen molar-refractivity contribution in [1.82, 2.24) is 34.2 Å². The number of benzene rings is 3. The molecular formula is C56H72Br2N10O19P-3. The molecule has 1 fully saturated rings. The highest BCUT2D eigenvalue weighted by molar-refractivity contribution is 9.10. The Morgan fingerprint density at radius 3 is 1.99 bits per heavy atom. The highest BCUT2D eigenvalue weighted by Crippen LogP contribution is 2.62. The number of aryl methyl sites for hydroxylation is 2. The fourth-order valence-corrected chi connectivity index (χ4v) is 10.00. The van der Waals surface area contributed by atoms with Gasteiger partial charge in [0.15, 0.2) is 22.7 Å². The average molecular weight is 1380 g/mol. The number of ether oxygens (including phenoxy) is 3. The van der Waals surface area contributed by atoms with Crippen molar-refractivity contribution in [3.63, 3.8) is 0 Å². The first kappa shape index (κ1) is 74.5. The van der Waals surface area contributed by atoms with Crippen molar-refractivity contribution in [3.05, 3.63) is 117 Å². The second-order valence-corrected chi connectivity index (χ2v) is 23.8. The van der Waals surface area contributed by atoms with Crippen LogP contribution in [0.2, 0.25) is 0 Å². The first-order valence-corrected chi connectivity index (χ1v) is 29.9. The number of esters is 1. The van der Waals surface area contributed by atoms with Crippen molar-refractivity contribution in [2.24, 2.45) is 44.4 Å². The van der Waals surface area contributed by atoms with Gasteiger partial charge in [-0.15, -0.1) is 0 Å². The molecule has 0 radical (unpaired) electrons. The predicted octanol–water partition coefficient (Wildman–Crippen LogP) is 2.04. The fourth-order valence-electron chi connectivity index (χ4n) is 9.78. The summed E-state index contributed by atoms with van der Waals surface area (Å²) >= 11 is 6.37. The number of rotatable bonds is 9. The summed E-state index contributed by atoms with van der Waals surface area (Å²) in [4.78, 5) is 129. The number of nitrogens with zero attached hydrogens (tertiary/aromatic N) is 5. The first-order chi connectivity index (χ1) is 40.9. The Bertz CT molecular complexity index is 3520. The third kappa shape index (κ3) is 19.6. The second-order valence-electron chi connectivity index (χ2n) is 20.4. The lowest BCUT2D eigenvalue weighted by Crippen LogP contribution is -2.64. The van der Waals surface area contributed by atoms with Crippen LogP contribution >= 0.6 is 39.7 Å². The van der Waals surface area contributed by atoms with Crippen molar-refractivity contribution in [1.29, 1.82) is 0 Å². The predicted molar refractivity (Wildman–Crippen MR) is 324 cm³/mol. The van der Waals surface area contributed by atoms with Gasteiger partial charge in [-0.3, -0.25) is 43.7 Å². The average Bonchev–Trinajstić information content (AvgIpc) is 1.44. The number of carboxylic acid groups (broad SMARTS) is 1. The molecule has 1 saturated heterocycles. The van der Waals surface area contributed by atoms with Crippen molar-refractivity contribution < 1.29 is 82.3 Å². The summed E-state index contributed by atoms with van der Waals surface area (Å²) in [6.45, 7) is 11.2. The Balaban J connectivity index is 0.000000278. The van der Waals surface area contributed by atoms with Gasteiger partial charge in [0.25, 0.3) is 5.56 Å². The van der Waals surface area contributed by atoms with Crippen LogP contribution in [0.5, 0.6) is 23.0 Å². The third-order valence-corrected chi connectivity index (χ3v) is 17.0. The number of phosphoric acid groups is 1. The number of aromatic hydroxyl groups is 1. The lowest BCUT2D eigenvalue weighted by molar-refractivity contribution is -0.432. The number of amides is 7. The molecule has 5 aromatic rings. The molecule has 2 aliphatic carbocycles. The molecule has 1 spiro atoms. The van der Waals surface area contributed by atoms with Crippen LogP contribution in [0.15, 0.2) is 88.7 Å². The van der Waals surface area contributed by atoms with Crippen LogP contribution in [-0.2, 0) is 56.7 Å².